The number of hydrogen-bond acceptors (Lipinski definition) is 5. The van der Waals surface area contributed by atoms with Gasteiger partial charge in [0.05, 0.1) is 32.0 Å². The molecular formula is C20H15BrClF3N2O5S2. The van der Waals surface area contributed by atoms with Crippen molar-refractivity contribution in [1.29, 1.82) is 0 Å². The van der Waals surface area contributed by atoms with Gasteiger partial charge in [0.15, 0.2) is 0 Å². The smallest absolute Gasteiger partial charge is 0.417 e. The van der Waals surface area contributed by atoms with Gasteiger partial charge < -0.3 is 4.74 Å². The topological polar surface area (TPSA) is 102 Å². The van der Waals surface area contributed by atoms with Crippen LogP contribution in [0.4, 0.5) is 24.5 Å². The highest BCUT2D eigenvalue weighted by molar-refractivity contribution is 9.10. The molecule has 7 nitrogen and oxygen atoms in total. The largest absolute Gasteiger partial charge is 0.496 e. The first-order valence-corrected chi connectivity index (χ1v) is 13.2. The Kier molecular flexibility index (Phi) is 7.41. The van der Waals surface area contributed by atoms with Crippen molar-refractivity contribution in [2.75, 3.05) is 16.6 Å². The average molecular weight is 600 g/mol. The van der Waals surface area contributed by atoms with Crippen LogP contribution in [0.2, 0.25) is 5.02 Å². The lowest BCUT2D eigenvalue weighted by molar-refractivity contribution is -0.137. The normalized spacial score (nSPS) is 12.3. The van der Waals surface area contributed by atoms with E-state index in [0.717, 1.165) is 24.3 Å². The summed E-state index contributed by atoms with van der Waals surface area (Å²) in [5.74, 6) is 0.434. The van der Waals surface area contributed by atoms with E-state index in [9.17, 15) is 30.0 Å². The number of hydrogen-bond donors (Lipinski definition) is 2. The molecule has 0 amide bonds. The van der Waals surface area contributed by atoms with Crippen molar-refractivity contribution in [2.45, 2.75) is 16.0 Å². The molecule has 182 valence electrons. The zero-order valence-electron chi connectivity index (χ0n) is 17.0. The minimum atomic E-state index is -4.77. The number of benzene rings is 3. The van der Waals surface area contributed by atoms with Crippen LogP contribution in [-0.2, 0) is 26.2 Å². The van der Waals surface area contributed by atoms with Crippen LogP contribution >= 0.6 is 27.5 Å². The standard InChI is InChI=1S/C20H15BrClF3N2O5S2/c1-32-19-9-7-15(11-17(19)21)34(30,31)26-12-2-5-14(6-3-12)33(28,29)27-13-4-8-18(22)16(10-13)20(23,24)25/h2-11,26-27H,1H3. The maximum atomic E-state index is 13.0. The van der Waals surface area contributed by atoms with Crippen LogP contribution in [-0.4, -0.2) is 23.9 Å². The Morgan fingerprint density at radius 3 is 1.91 bits per heavy atom. The Morgan fingerprint density at radius 2 is 1.35 bits per heavy atom. The average Bonchev–Trinajstić information content (AvgIpc) is 2.74. The molecule has 34 heavy (non-hydrogen) atoms. The zero-order valence-corrected chi connectivity index (χ0v) is 21.0. The summed E-state index contributed by atoms with van der Waals surface area (Å²) in [5.41, 5.74) is -1.47. The highest BCUT2D eigenvalue weighted by Crippen LogP contribution is 2.36. The molecule has 0 saturated heterocycles. The summed E-state index contributed by atoms with van der Waals surface area (Å²) in [5, 5.41) is -0.573. The van der Waals surface area contributed by atoms with Crippen LogP contribution in [0, 0.1) is 0 Å². The van der Waals surface area contributed by atoms with Crippen molar-refractivity contribution in [2.24, 2.45) is 0 Å². The van der Waals surface area contributed by atoms with Crippen LogP contribution in [0.15, 0.2) is 74.9 Å². The summed E-state index contributed by atoms with van der Waals surface area (Å²) in [6, 6.07) is 11.3. The third kappa shape index (κ3) is 5.95. The molecule has 0 aromatic heterocycles. The van der Waals surface area contributed by atoms with Gasteiger partial charge in [0.2, 0.25) is 0 Å². The van der Waals surface area contributed by atoms with E-state index in [1.807, 2.05) is 4.72 Å². The molecule has 0 fully saturated rings. The molecule has 3 aromatic carbocycles. The fourth-order valence-electron chi connectivity index (χ4n) is 2.75. The van der Waals surface area contributed by atoms with Crippen molar-refractivity contribution in [3.63, 3.8) is 0 Å². The van der Waals surface area contributed by atoms with Crippen molar-refractivity contribution < 1.29 is 34.7 Å². The van der Waals surface area contributed by atoms with Gasteiger partial charge in [-0.1, -0.05) is 11.6 Å². The Balaban J connectivity index is 1.80. The zero-order chi connectivity index (χ0) is 25.3. The number of alkyl halides is 3. The van der Waals surface area contributed by atoms with Crippen LogP contribution in [0.1, 0.15) is 5.56 Å². The van der Waals surface area contributed by atoms with Gasteiger partial charge in [-0.15, -0.1) is 0 Å². The summed E-state index contributed by atoms with van der Waals surface area (Å²) < 4.78 is 99.3. The van der Waals surface area contributed by atoms with Crippen molar-refractivity contribution in [3.05, 3.63) is 75.7 Å². The Morgan fingerprint density at radius 1 is 0.824 bits per heavy atom. The van der Waals surface area contributed by atoms with Gasteiger partial charge in [-0.05, 0) is 76.6 Å². The fraction of sp³-hybridized carbons (Fsp3) is 0.100. The Labute approximate surface area is 207 Å². The molecule has 2 N–H and O–H groups in total. The molecule has 0 radical (unpaired) electrons. The summed E-state index contributed by atoms with van der Waals surface area (Å²) >= 11 is 8.75. The SMILES string of the molecule is COc1ccc(S(=O)(=O)Nc2ccc(S(=O)(=O)Nc3ccc(Cl)c(C(F)(F)F)c3)cc2)cc1Br. The van der Waals surface area contributed by atoms with E-state index in [-0.39, 0.29) is 21.2 Å². The minimum Gasteiger partial charge on any atom is -0.496 e. The third-order valence-electron chi connectivity index (χ3n) is 4.37. The van der Waals surface area contributed by atoms with Gasteiger partial charge in [0.25, 0.3) is 20.0 Å². The number of anilines is 2. The molecule has 0 spiro atoms. The summed E-state index contributed by atoms with van der Waals surface area (Å²) in [6.45, 7) is 0. The summed E-state index contributed by atoms with van der Waals surface area (Å²) in [4.78, 5) is -0.368. The van der Waals surface area contributed by atoms with Gasteiger partial charge in [-0.25, -0.2) is 16.8 Å². The van der Waals surface area contributed by atoms with Gasteiger partial charge in [-0.3, -0.25) is 9.44 Å². The first kappa shape index (κ1) is 26.1. The van der Waals surface area contributed by atoms with Crippen molar-refractivity contribution in [3.8, 4) is 5.75 Å². The molecule has 0 unspecified atom stereocenters. The van der Waals surface area contributed by atoms with Gasteiger partial charge in [0.1, 0.15) is 5.75 Å². The molecule has 0 saturated carbocycles. The molecule has 0 aliphatic rings. The lowest BCUT2D eigenvalue weighted by Gasteiger charge is -2.13. The number of nitrogens with one attached hydrogen (secondary N) is 2. The highest BCUT2D eigenvalue weighted by Gasteiger charge is 2.33. The maximum Gasteiger partial charge on any atom is 0.417 e. The summed E-state index contributed by atoms with van der Waals surface area (Å²) in [6.07, 6.45) is -4.77. The molecule has 0 atom stereocenters. The van der Waals surface area contributed by atoms with Crippen molar-refractivity contribution in [1.82, 2.24) is 0 Å². The second-order valence-corrected chi connectivity index (χ2v) is 11.4. The van der Waals surface area contributed by atoms with Crippen molar-refractivity contribution >= 4 is 59.0 Å². The van der Waals surface area contributed by atoms with E-state index in [2.05, 4.69) is 20.7 Å². The van der Waals surface area contributed by atoms with E-state index >= 15 is 0 Å². The minimum absolute atomic E-state index is 0.0664. The number of sulfonamides is 2. The quantitative estimate of drug-likeness (QED) is 0.361. The first-order chi connectivity index (χ1) is 15.7. The summed E-state index contributed by atoms with van der Waals surface area (Å²) in [7, 11) is -6.84. The van der Waals surface area contributed by atoms with E-state index < -0.39 is 36.8 Å². The Hall–Kier alpha value is -2.48. The van der Waals surface area contributed by atoms with Crippen LogP contribution < -0.4 is 14.2 Å². The van der Waals surface area contributed by atoms with E-state index in [1.165, 1.54) is 37.4 Å². The number of rotatable bonds is 7. The molecule has 3 aromatic rings. The third-order valence-corrected chi connectivity index (χ3v) is 8.10. The van der Waals surface area contributed by atoms with E-state index in [1.54, 1.807) is 0 Å². The molecular weight excluding hydrogens is 585 g/mol. The molecule has 0 heterocycles. The lowest BCUT2D eigenvalue weighted by Crippen LogP contribution is -2.15. The van der Waals surface area contributed by atoms with Crippen LogP contribution in [0.3, 0.4) is 0 Å². The van der Waals surface area contributed by atoms with Crippen LogP contribution in [0.25, 0.3) is 0 Å². The Bertz CT molecular complexity index is 1430. The van der Waals surface area contributed by atoms with Gasteiger partial charge in [0, 0.05) is 11.4 Å². The molecule has 3 rings (SSSR count). The second-order valence-electron chi connectivity index (χ2n) is 6.72. The van der Waals surface area contributed by atoms with Crippen LogP contribution in [0.5, 0.6) is 5.75 Å². The van der Waals surface area contributed by atoms with Gasteiger partial charge in [-0.2, -0.15) is 13.2 Å². The fourth-order valence-corrected chi connectivity index (χ4v) is 5.80. The first-order valence-electron chi connectivity index (χ1n) is 9.09. The lowest BCUT2D eigenvalue weighted by atomic mass is 10.2. The monoisotopic (exact) mass is 598 g/mol. The molecule has 0 aliphatic heterocycles. The maximum absolute atomic E-state index is 13.0. The highest BCUT2D eigenvalue weighted by atomic mass is 79.9. The number of halogens is 5. The number of ether oxygens (including phenoxy) is 1. The molecule has 0 aliphatic carbocycles. The molecule has 0 bridgehead atoms. The second kappa shape index (κ2) is 9.64. The van der Waals surface area contributed by atoms with E-state index in [0.29, 0.717) is 16.3 Å². The predicted molar refractivity (Wildman–Crippen MR) is 125 cm³/mol. The molecule has 14 heteroatoms. The number of methoxy groups -OCH3 is 1. The predicted octanol–water partition coefficient (Wildman–Crippen LogP) is 5.73. The van der Waals surface area contributed by atoms with E-state index in [4.69, 9.17) is 16.3 Å². The van der Waals surface area contributed by atoms with Gasteiger partial charge >= 0.3 is 6.18 Å².